The number of aromatic nitrogens is 2. The van der Waals surface area contributed by atoms with E-state index in [9.17, 15) is 4.39 Å². The lowest BCUT2D eigenvalue weighted by Gasteiger charge is -2.16. The zero-order valence-electron chi connectivity index (χ0n) is 10.6. The minimum atomic E-state index is -0.351. The lowest BCUT2D eigenvalue weighted by atomic mass is 10.0. The van der Waals surface area contributed by atoms with Crippen LogP contribution in [0.25, 0.3) is 0 Å². The van der Waals surface area contributed by atoms with Crippen molar-refractivity contribution in [3.05, 3.63) is 45.7 Å². The summed E-state index contributed by atoms with van der Waals surface area (Å²) in [7, 11) is 0. The van der Waals surface area contributed by atoms with E-state index in [-0.39, 0.29) is 16.9 Å². The fourth-order valence-corrected chi connectivity index (χ4v) is 2.55. The van der Waals surface area contributed by atoms with E-state index in [0.29, 0.717) is 12.0 Å². The molecule has 0 radical (unpaired) electrons. The highest BCUT2D eigenvalue weighted by atomic mass is 35.5. The monoisotopic (exact) mass is 299 g/mol. The van der Waals surface area contributed by atoms with E-state index in [1.165, 1.54) is 11.5 Å². The fourth-order valence-electron chi connectivity index (χ4n) is 1.85. The van der Waals surface area contributed by atoms with Crippen molar-refractivity contribution >= 4 is 23.1 Å². The molecule has 3 nitrogen and oxygen atoms in total. The van der Waals surface area contributed by atoms with Gasteiger partial charge in [0, 0.05) is 5.38 Å². The molecule has 2 rings (SSSR count). The standard InChI is InChI=1S/C13H15ClFN3S/c1-2-6-16-11(12-8-19-18-17-12)7-9-4-3-5-10(14)13(9)15/h3-5,8,11,16H,2,6-7H2,1H3. The summed E-state index contributed by atoms with van der Waals surface area (Å²) in [5.74, 6) is -0.351. The van der Waals surface area contributed by atoms with E-state index in [2.05, 4.69) is 21.8 Å². The lowest BCUT2D eigenvalue weighted by molar-refractivity contribution is 0.502. The highest BCUT2D eigenvalue weighted by Crippen LogP contribution is 2.23. The SMILES string of the molecule is CCCNC(Cc1cccc(Cl)c1F)c1csnn1. The van der Waals surface area contributed by atoms with E-state index in [1.807, 2.05) is 5.38 Å². The maximum atomic E-state index is 13.9. The van der Waals surface area contributed by atoms with Crippen LogP contribution in [0.15, 0.2) is 23.6 Å². The zero-order valence-corrected chi connectivity index (χ0v) is 12.1. The van der Waals surface area contributed by atoms with Crippen LogP contribution in [0.1, 0.15) is 30.6 Å². The Labute approximate surface area is 121 Å². The number of hydrogen-bond acceptors (Lipinski definition) is 4. The van der Waals surface area contributed by atoms with Crippen LogP contribution in [-0.2, 0) is 6.42 Å². The first-order valence-electron chi connectivity index (χ1n) is 6.15. The maximum absolute atomic E-state index is 13.9. The number of benzene rings is 1. The summed E-state index contributed by atoms with van der Waals surface area (Å²) in [4.78, 5) is 0. The number of nitrogens with zero attached hydrogens (tertiary/aromatic N) is 2. The first kappa shape index (κ1) is 14.4. The predicted molar refractivity (Wildman–Crippen MR) is 76.1 cm³/mol. The lowest BCUT2D eigenvalue weighted by Crippen LogP contribution is -2.24. The van der Waals surface area contributed by atoms with Crippen LogP contribution in [0.2, 0.25) is 5.02 Å². The summed E-state index contributed by atoms with van der Waals surface area (Å²) in [6.07, 6.45) is 1.52. The molecule has 0 amide bonds. The number of halogens is 2. The molecule has 1 heterocycles. The number of nitrogens with one attached hydrogen (secondary N) is 1. The van der Waals surface area contributed by atoms with E-state index >= 15 is 0 Å². The molecule has 0 saturated heterocycles. The van der Waals surface area contributed by atoms with Crippen LogP contribution in [0.5, 0.6) is 0 Å². The molecule has 0 fully saturated rings. The van der Waals surface area contributed by atoms with Crippen molar-refractivity contribution in [2.24, 2.45) is 0 Å². The van der Waals surface area contributed by atoms with Crippen molar-refractivity contribution in [3.63, 3.8) is 0 Å². The summed E-state index contributed by atoms with van der Waals surface area (Å²) in [5, 5.41) is 9.47. The van der Waals surface area contributed by atoms with Gasteiger partial charge in [-0.05, 0) is 42.5 Å². The van der Waals surface area contributed by atoms with Crippen LogP contribution in [0.3, 0.4) is 0 Å². The van der Waals surface area contributed by atoms with Crippen LogP contribution >= 0.6 is 23.1 Å². The molecule has 1 atom stereocenters. The first-order valence-corrected chi connectivity index (χ1v) is 7.37. The molecule has 19 heavy (non-hydrogen) atoms. The molecule has 2 aromatic rings. The molecular formula is C13H15ClFN3S. The molecule has 0 aliphatic heterocycles. The van der Waals surface area contributed by atoms with E-state index in [4.69, 9.17) is 11.6 Å². The van der Waals surface area contributed by atoms with Gasteiger partial charge in [0.1, 0.15) is 5.82 Å². The van der Waals surface area contributed by atoms with Gasteiger partial charge in [0.25, 0.3) is 0 Å². The summed E-state index contributed by atoms with van der Waals surface area (Å²) in [5.41, 5.74) is 1.44. The van der Waals surface area contributed by atoms with Crippen molar-refractivity contribution in [3.8, 4) is 0 Å². The average molecular weight is 300 g/mol. The molecule has 0 aliphatic carbocycles. The van der Waals surface area contributed by atoms with Gasteiger partial charge in [0.05, 0.1) is 16.8 Å². The van der Waals surface area contributed by atoms with Gasteiger partial charge in [-0.1, -0.05) is 35.1 Å². The van der Waals surface area contributed by atoms with Gasteiger partial charge in [-0.15, -0.1) is 5.10 Å². The smallest absolute Gasteiger partial charge is 0.145 e. The normalized spacial score (nSPS) is 12.6. The third-order valence-corrected chi connectivity index (χ3v) is 3.64. The fraction of sp³-hybridized carbons (Fsp3) is 0.385. The van der Waals surface area contributed by atoms with Crippen LogP contribution in [0.4, 0.5) is 4.39 Å². The molecule has 6 heteroatoms. The molecule has 0 saturated carbocycles. The average Bonchev–Trinajstić information content (AvgIpc) is 2.93. The molecule has 1 unspecified atom stereocenters. The molecule has 1 aromatic heterocycles. The Balaban J connectivity index is 2.18. The molecule has 1 aromatic carbocycles. The van der Waals surface area contributed by atoms with Gasteiger partial charge in [0.2, 0.25) is 0 Å². The van der Waals surface area contributed by atoms with Crippen LogP contribution in [0, 0.1) is 5.82 Å². The second-order valence-electron chi connectivity index (χ2n) is 4.25. The quantitative estimate of drug-likeness (QED) is 0.885. The molecule has 0 bridgehead atoms. The van der Waals surface area contributed by atoms with Crippen LogP contribution in [-0.4, -0.2) is 16.1 Å². The van der Waals surface area contributed by atoms with Gasteiger partial charge in [-0.3, -0.25) is 0 Å². The molecule has 0 aliphatic rings. The second kappa shape index (κ2) is 6.93. The molecular weight excluding hydrogens is 285 g/mol. The Morgan fingerprint density at radius 1 is 1.47 bits per heavy atom. The topological polar surface area (TPSA) is 37.8 Å². The number of rotatable bonds is 6. The first-order chi connectivity index (χ1) is 9.22. The minimum Gasteiger partial charge on any atom is -0.308 e. The van der Waals surface area contributed by atoms with Crippen molar-refractivity contribution in [2.75, 3.05) is 6.54 Å². The summed E-state index contributed by atoms with van der Waals surface area (Å²) < 4.78 is 17.8. The largest absolute Gasteiger partial charge is 0.308 e. The van der Waals surface area contributed by atoms with Gasteiger partial charge in [-0.25, -0.2) is 4.39 Å². The van der Waals surface area contributed by atoms with Gasteiger partial charge < -0.3 is 5.32 Å². The molecule has 102 valence electrons. The van der Waals surface area contributed by atoms with Crippen molar-refractivity contribution < 1.29 is 4.39 Å². The second-order valence-corrected chi connectivity index (χ2v) is 5.27. The van der Waals surface area contributed by atoms with Gasteiger partial charge >= 0.3 is 0 Å². The number of hydrogen-bond donors (Lipinski definition) is 1. The Bertz CT molecular complexity index is 519. The Hall–Kier alpha value is -1.04. The van der Waals surface area contributed by atoms with Crippen molar-refractivity contribution in [2.45, 2.75) is 25.8 Å². The molecule has 0 spiro atoms. The van der Waals surface area contributed by atoms with Gasteiger partial charge in [0.15, 0.2) is 0 Å². The van der Waals surface area contributed by atoms with E-state index in [0.717, 1.165) is 18.7 Å². The summed E-state index contributed by atoms with van der Waals surface area (Å²) >= 11 is 7.10. The summed E-state index contributed by atoms with van der Waals surface area (Å²) in [6.45, 7) is 2.94. The van der Waals surface area contributed by atoms with E-state index < -0.39 is 0 Å². The highest BCUT2D eigenvalue weighted by molar-refractivity contribution is 7.03. The van der Waals surface area contributed by atoms with Gasteiger partial charge in [-0.2, -0.15) is 0 Å². The Morgan fingerprint density at radius 3 is 3.00 bits per heavy atom. The zero-order chi connectivity index (χ0) is 13.7. The van der Waals surface area contributed by atoms with E-state index in [1.54, 1.807) is 18.2 Å². The maximum Gasteiger partial charge on any atom is 0.145 e. The Kier molecular flexibility index (Phi) is 5.24. The van der Waals surface area contributed by atoms with Crippen molar-refractivity contribution in [1.82, 2.24) is 14.9 Å². The third kappa shape index (κ3) is 3.72. The Morgan fingerprint density at radius 2 is 2.32 bits per heavy atom. The predicted octanol–water partition coefficient (Wildman–Crippen LogP) is 3.61. The minimum absolute atomic E-state index is 0.0355. The third-order valence-electron chi connectivity index (χ3n) is 2.83. The highest BCUT2D eigenvalue weighted by Gasteiger charge is 2.17. The summed E-state index contributed by atoms with van der Waals surface area (Å²) in [6, 6.07) is 5.03. The van der Waals surface area contributed by atoms with Crippen LogP contribution < -0.4 is 5.32 Å². The van der Waals surface area contributed by atoms with Crippen molar-refractivity contribution in [1.29, 1.82) is 0 Å². The molecule has 1 N–H and O–H groups in total.